The Balaban J connectivity index is 1.47. The Kier molecular flexibility index (Phi) is 8.16. The maximum atomic E-state index is 12.4. The number of hydrogen-bond acceptors (Lipinski definition) is 6. The number of aryl methyl sites for hydroxylation is 1. The van der Waals surface area contributed by atoms with Crippen LogP contribution >= 0.6 is 11.3 Å². The summed E-state index contributed by atoms with van der Waals surface area (Å²) in [5, 5.41) is 7.82. The lowest BCUT2D eigenvalue weighted by atomic mass is 9.82. The van der Waals surface area contributed by atoms with E-state index in [2.05, 4.69) is 46.8 Å². The first-order valence-corrected chi connectivity index (χ1v) is 13.0. The minimum absolute atomic E-state index is 0.150. The smallest absolute Gasteiger partial charge is 0.307 e. The second-order valence-corrected chi connectivity index (χ2v) is 9.93. The minimum atomic E-state index is -0.319. The van der Waals surface area contributed by atoms with Gasteiger partial charge >= 0.3 is 5.97 Å². The van der Waals surface area contributed by atoms with E-state index in [0.717, 1.165) is 5.69 Å². The van der Waals surface area contributed by atoms with Crippen molar-refractivity contribution in [3.8, 4) is 0 Å². The van der Waals surface area contributed by atoms with Gasteiger partial charge in [0.2, 0.25) is 0 Å². The topological polar surface area (TPSA) is 80.3 Å². The number of anilines is 1. The molecule has 2 heterocycles. The average molecular weight is 480 g/mol. The van der Waals surface area contributed by atoms with E-state index in [1.807, 2.05) is 17.4 Å². The highest BCUT2D eigenvalue weighted by molar-refractivity contribution is 7.19. The van der Waals surface area contributed by atoms with Crippen molar-refractivity contribution < 1.29 is 14.3 Å². The molecule has 4 rings (SSSR count). The van der Waals surface area contributed by atoms with Crippen LogP contribution in [0.3, 0.4) is 0 Å². The Bertz CT molecular complexity index is 1120. The lowest BCUT2D eigenvalue weighted by Crippen LogP contribution is -2.27. The molecule has 1 aliphatic carbocycles. The SMILES string of the molecule is CCOC(=O)CCNC(=O)c1ccc(NC(c2sc3ccccc3c2C)C2CCCCC2)cn1. The average Bonchev–Trinajstić information content (AvgIpc) is 3.20. The molecule has 7 heteroatoms. The highest BCUT2D eigenvalue weighted by Crippen LogP contribution is 2.43. The number of nitrogens with zero attached hydrogens (tertiary/aromatic N) is 1. The molecule has 1 aliphatic rings. The van der Waals surface area contributed by atoms with E-state index >= 15 is 0 Å². The van der Waals surface area contributed by atoms with Crippen molar-refractivity contribution in [1.29, 1.82) is 0 Å². The van der Waals surface area contributed by atoms with Gasteiger partial charge in [-0.1, -0.05) is 37.5 Å². The quantitative estimate of drug-likeness (QED) is 0.367. The number of carbonyl (C=O) groups excluding carboxylic acids is 2. The summed E-state index contributed by atoms with van der Waals surface area (Å²) in [6.45, 7) is 4.56. The van der Waals surface area contributed by atoms with Gasteiger partial charge < -0.3 is 15.4 Å². The molecule has 3 aromatic rings. The molecule has 180 valence electrons. The molecule has 1 fully saturated rings. The number of ether oxygens (including phenoxy) is 1. The fourth-order valence-electron chi connectivity index (χ4n) is 4.75. The second kappa shape index (κ2) is 11.5. The number of fused-ring (bicyclic) bond motifs is 1. The van der Waals surface area contributed by atoms with E-state index in [0.29, 0.717) is 18.2 Å². The van der Waals surface area contributed by atoms with Crippen LogP contribution in [0.4, 0.5) is 5.69 Å². The van der Waals surface area contributed by atoms with E-state index < -0.39 is 0 Å². The molecule has 1 saturated carbocycles. The maximum Gasteiger partial charge on any atom is 0.307 e. The Hall–Kier alpha value is -2.93. The van der Waals surface area contributed by atoms with Gasteiger partial charge in [-0.05, 0) is 61.8 Å². The number of aromatic nitrogens is 1. The fourth-order valence-corrected chi connectivity index (χ4v) is 6.11. The fraction of sp³-hybridized carbons (Fsp3) is 0.444. The molecule has 1 aromatic carbocycles. The zero-order valence-corrected chi connectivity index (χ0v) is 20.7. The van der Waals surface area contributed by atoms with Gasteiger partial charge in [-0.2, -0.15) is 0 Å². The van der Waals surface area contributed by atoms with Crippen molar-refractivity contribution in [2.24, 2.45) is 5.92 Å². The van der Waals surface area contributed by atoms with E-state index in [1.165, 1.54) is 52.6 Å². The molecule has 1 unspecified atom stereocenters. The van der Waals surface area contributed by atoms with Gasteiger partial charge in [0.25, 0.3) is 5.91 Å². The Morgan fingerprint density at radius 2 is 1.94 bits per heavy atom. The van der Waals surface area contributed by atoms with Crippen molar-refractivity contribution in [3.05, 3.63) is 58.7 Å². The van der Waals surface area contributed by atoms with Crippen molar-refractivity contribution in [2.45, 2.75) is 58.4 Å². The molecule has 2 aromatic heterocycles. The van der Waals surface area contributed by atoms with Crippen LogP contribution in [0, 0.1) is 12.8 Å². The van der Waals surface area contributed by atoms with Crippen LogP contribution in [0.2, 0.25) is 0 Å². The highest BCUT2D eigenvalue weighted by atomic mass is 32.1. The van der Waals surface area contributed by atoms with Crippen molar-refractivity contribution in [2.75, 3.05) is 18.5 Å². The predicted molar refractivity (Wildman–Crippen MR) is 137 cm³/mol. The van der Waals surface area contributed by atoms with Gasteiger partial charge in [0, 0.05) is 16.1 Å². The van der Waals surface area contributed by atoms with Gasteiger partial charge in [0.05, 0.1) is 31.0 Å². The van der Waals surface area contributed by atoms with E-state index in [-0.39, 0.29) is 30.9 Å². The molecule has 2 N–H and O–H groups in total. The summed E-state index contributed by atoms with van der Waals surface area (Å²) in [6, 6.07) is 12.5. The summed E-state index contributed by atoms with van der Waals surface area (Å²) < 4.78 is 6.21. The van der Waals surface area contributed by atoms with E-state index in [1.54, 1.807) is 19.2 Å². The molecule has 1 amide bonds. The maximum absolute atomic E-state index is 12.4. The third kappa shape index (κ3) is 5.76. The van der Waals surface area contributed by atoms with Crippen LogP contribution in [-0.4, -0.2) is 30.0 Å². The monoisotopic (exact) mass is 479 g/mol. The predicted octanol–water partition coefficient (Wildman–Crippen LogP) is 6.02. The summed E-state index contributed by atoms with van der Waals surface area (Å²) in [6.07, 6.45) is 8.19. The molecule has 6 nitrogen and oxygen atoms in total. The van der Waals surface area contributed by atoms with Crippen molar-refractivity contribution in [1.82, 2.24) is 10.3 Å². The molecular formula is C27H33N3O3S. The third-order valence-corrected chi connectivity index (χ3v) is 7.88. The van der Waals surface area contributed by atoms with Gasteiger partial charge in [-0.3, -0.25) is 9.59 Å². The number of pyridine rings is 1. The number of carbonyl (C=O) groups is 2. The van der Waals surface area contributed by atoms with Crippen LogP contribution < -0.4 is 10.6 Å². The second-order valence-electron chi connectivity index (χ2n) is 8.85. The first kappa shape index (κ1) is 24.2. The normalized spacial score (nSPS) is 15.1. The van der Waals surface area contributed by atoms with Crippen LogP contribution in [0.5, 0.6) is 0 Å². The van der Waals surface area contributed by atoms with Crippen LogP contribution in [0.25, 0.3) is 10.1 Å². The third-order valence-electron chi connectivity index (χ3n) is 6.52. The number of benzene rings is 1. The molecule has 0 saturated heterocycles. The van der Waals surface area contributed by atoms with Gasteiger partial charge in [-0.25, -0.2) is 4.98 Å². The molecular weight excluding hydrogens is 446 g/mol. The van der Waals surface area contributed by atoms with E-state index in [4.69, 9.17) is 4.74 Å². The van der Waals surface area contributed by atoms with Gasteiger partial charge in [0.15, 0.2) is 0 Å². The van der Waals surface area contributed by atoms with Crippen molar-refractivity contribution in [3.63, 3.8) is 0 Å². The highest BCUT2D eigenvalue weighted by Gasteiger charge is 2.28. The number of rotatable bonds is 9. The standard InChI is InChI=1S/C27H33N3O3S/c1-3-33-24(31)15-16-28-27(32)22-14-13-20(17-29-22)30-25(19-9-5-4-6-10-19)26-18(2)21-11-7-8-12-23(21)34-26/h7-8,11-14,17,19,25,30H,3-6,9-10,15-16H2,1-2H3,(H,28,32). The Labute approximate surface area is 205 Å². The number of nitrogens with one attached hydrogen (secondary N) is 2. The lowest BCUT2D eigenvalue weighted by molar-refractivity contribution is -0.142. The summed E-state index contributed by atoms with van der Waals surface area (Å²) in [5.41, 5.74) is 2.60. The molecule has 34 heavy (non-hydrogen) atoms. The molecule has 0 spiro atoms. The molecule has 0 bridgehead atoms. The summed E-state index contributed by atoms with van der Waals surface area (Å²) in [4.78, 5) is 29.6. The number of thiophene rings is 1. The van der Waals surface area contributed by atoms with E-state index in [9.17, 15) is 9.59 Å². The molecule has 0 radical (unpaired) electrons. The summed E-state index contributed by atoms with van der Waals surface area (Å²) in [5.74, 6) is -0.0352. The first-order chi connectivity index (χ1) is 16.6. The van der Waals surface area contributed by atoms with Crippen LogP contribution in [0.15, 0.2) is 42.6 Å². The molecule has 0 aliphatic heterocycles. The number of amides is 1. The van der Waals surface area contributed by atoms with Crippen LogP contribution in [-0.2, 0) is 9.53 Å². The number of esters is 1. The summed E-state index contributed by atoms with van der Waals surface area (Å²) >= 11 is 1.88. The zero-order chi connectivity index (χ0) is 23.9. The molecule has 1 atom stereocenters. The number of hydrogen-bond donors (Lipinski definition) is 2. The Morgan fingerprint density at radius 1 is 1.15 bits per heavy atom. The van der Waals surface area contributed by atoms with Gasteiger partial charge in [0.1, 0.15) is 5.69 Å². The Morgan fingerprint density at radius 3 is 2.65 bits per heavy atom. The van der Waals surface area contributed by atoms with Gasteiger partial charge in [-0.15, -0.1) is 11.3 Å². The zero-order valence-electron chi connectivity index (χ0n) is 19.9. The minimum Gasteiger partial charge on any atom is -0.466 e. The van der Waals surface area contributed by atoms with Crippen molar-refractivity contribution >= 4 is 39.0 Å². The largest absolute Gasteiger partial charge is 0.466 e. The van der Waals surface area contributed by atoms with Crippen LogP contribution in [0.1, 0.15) is 72.4 Å². The first-order valence-electron chi connectivity index (χ1n) is 12.2. The summed E-state index contributed by atoms with van der Waals surface area (Å²) in [7, 11) is 0. The lowest BCUT2D eigenvalue weighted by Gasteiger charge is -2.31.